The first-order valence-corrected chi connectivity index (χ1v) is 25.4. The van der Waals surface area contributed by atoms with Crippen molar-refractivity contribution in [1.82, 2.24) is 19.5 Å². The number of fused-ring (bicyclic) bond motifs is 5. The number of benzene rings is 7. The molecule has 0 aliphatic heterocycles. The summed E-state index contributed by atoms with van der Waals surface area (Å²) in [6.45, 7) is 26.4. The zero-order valence-corrected chi connectivity index (χ0v) is 46.2. The van der Waals surface area contributed by atoms with Crippen molar-refractivity contribution in [1.29, 1.82) is 0 Å². The maximum Gasteiger partial charge on any atom is 0.171 e. The van der Waals surface area contributed by atoms with Crippen LogP contribution in [0.2, 0.25) is 0 Å². The largest absolute Gasteiger partial charge is 0.507 e. The topological polar surface area (TPSA) is 77.0 Å². The van der Waals surface area contributed by atoms with Gasteiger partial charge in [-0.1, -0.05) is 181 Å². The third kappa shape index (κ3) is 8.38. The minimum absolute atomic E-state index is 0. The van der Waals surface area contributed by atoms with Gasteiger partial charge in [0.15, 0.2) is 5.58 Å². The van der Waals surface area contributed by atoms with E-state index in [4.69, 9.17) is 19.4 Å². The van der Waals surface area contributed by atoms with Crippen molar-refractivity contribution in [2.24, 2.45) is 0 Å². The van der Waals surface area contributed by atoms with E-state index in [0.29, 0.717) is 11.4 Å². The van der Waals surface area contributed by atoms with Crippen LogP contribution >= 0.6 is 11.3 Å². The van der Waals surface area contributed by atoms with Crippen molar-refractivity contribution in [3.63, 3.8) is 0 Å². The Morgan fingerprint density at radius 2 is 1.33 bits per heavy atom. The van der Waals surface area contributed by atoms with Crippen LogP contribution in [0.3, 0.4) is 0 Å². The molecule has 11 aromatic rings. The van der Waals surface area contributed by atoms with Crippen molar-refractivity contribution >= 4 is 53.6 Å². The molecule has 0 aliphatic carbocycles. The quantitative estimate of drug-likeness (QED) is 0.168. The number of hydrogen-bond donors (Lipinski definition) is 1. The molecule has 1 N–H and O–H groups in total. The molecule has 364 valence electrons. The number of thiophene rings is 1. The molecule has 0 fully saturated rings. The first kappa shape index (κ1) is 48.9. The van der Waals surface area contributed by atoms with Gasteiger partial charge in [0.2, 0.25) is 0 Å². The summed E-state index contributed by atoms with van der Waals surface area (Å²) in [4.78, 5) is 15.5. The number of para-hydroxylation sites is 1. The van der Waals surface area contributed by atoms with Crippen molar-refractivity contribution in [3.05, 3.63) is 173 Å². The van der Waals surface area contributed by atoms with Gasteiger partial charge in [0.25, 0.3) is 0 Å². The fraction of sp³-hybridized carbons (Fsp3) is 0.234. The minimum atomic E-state index is -0.348. The average molecular weight is 1140 g/mol. The summed E-state index contributed by atoms with van der Waals surface area (Å²) >= 11 is 1.65. The molecule has 4 aromatic heterocycles. The smallest absolute Gasteiger partial charge is 0.171 e. The fourth-order valence-corrected chi connectivity index (χ4v) is 11.5. The van der Waals surface area contributed by atoms with Gasteiger partial charge in [0.05, 0.1) is 31.7 Å². The molecule has 0 amide bonds. The number of aromatic nitrogens is 4. The Bertz CT molecular complexity index is 3910. The molecule has 6 nitrogen and oxygen atoms in total. The maximum absolute atomic E-state index is 12.6. The molecule has 0 atom stereocenters. The minimum Gasteiger partial charge on any atom is -0.507 e. The second-order valence-electron chi connectivity index (χ2n) is 22.4. The molecule has 0 unspecified atom stereocenters. The maximum atomic E-state index is 12.6. The average Bonchev–Trinajstić information content (AvgIpc) is 4.01. The van der Waals surface area contributed by atoms with Crippen molar-refractivity contribution in [3.8, 4) is 67.7 Å². The molecule has 0 bridgehead atoms. The Morgan fingerprint density at radius 3 is 2.04 bits per heavy atom. The summed E-state index contributed by atoms with van der Waals surface area (Å²) in [5.74, 6) is 1.75. The number of rotatable bonds is 6. The van der Waals surface area contributed by atoms with E-state index >= 15 is 0 Å². The van der Waals surface area contributed by atoms with E-state index in [1.165, 1.54) is 22.3 Å². The first-order chi connectivity index (χ1) is 33.7. The number of aryl methyl sites for hydroxylation is 3. The molecule has 0 saturated heterocycles. The predicted octanol–water partition coefficient (Wildman–Crippen LogP) is 17.6. The van der Waals surface area contributed by atoms with Crippen LogP contribution in [0.5, 0.6) is 5.75 Å². The van der Waals surface area contributed by atoms with Crippen LogP contribution in [-0.4, -0.2) is 24.6 Å². The molecule has 11 rings (SSSR count). The van der Waals surface area contributed by atoms with E-state index in [2.05, 4.69) is 221 Å². The number of furan rings is 1. The number of imidazole rings is 1. The van der Waals surface area contributed by atoms with E-state index in [1.807, 2.05) is 0 Å². The Hall–Kier alpha value is -6.66. The Morgan fingerprint density at radius 1 is 0.639 bits per heavy atom. The van der Waals surface area contributed by atoms with Gasteiger partial charge >= 0.3 is 0 Å². The zero-order valence-electron chi connectivity index (χ0n) is 43.1. The zero-order chi connectivity index (χ0) is 49.9. The van der Waals surface area contributed by atoms with E-state index in [1.54, 1.807) is 17.7 Å². The van der Waals surface area contributed by atoms with Crippen LogP contribution in [0, 0.1) is 26.8 Å². The van der Waals surface area contributed by atoms with Crippen LogP contribution in [0.4, 0.5) is 0 Å². The van der Waals surface area contributed by atoms with Crippen molar-refractivity contribution < 1.29 is 30.6 Å². The SMILES string of the molecule is Cc1cc(C)c(-c2cc3sc4c(-c5[c-]c(-c6cccc7c6nc(-c6cc(C(C)(C)C)cc(C(C)(C)C)c6O)n7-c6ccc(C(C)(C)C)cc6-c6ccccc6)c6ccccc6c5)ncnc4c3o2)c(C)c1.[Pt]. The third-order valence-corrected chi connectivity index (χ3v) is 15.2. The van der Waals surface area contributed by atoms with E-state index in [9.17, 15) is 5.11 Å². The van der Waals surface area contributed by atoms with Gasteiger partial charge in [-0.15, -0.1) is 29.0 Å². The molecule has 7 aromatic carbocycles. The van der Waals surface area contributed by atoms with E-state index in [0.717, 1.165) is 104 Å². The van der Waals surface area contributed by atoms with Crippen LogP contribution in [0.25, 0.3) is 104 Å². The second-order valence-corrected chi connectivity index (χ2v) is 23.5. The Kier molecular flexibility index (Phi) is 12.1. The molecule has 0 spiro atoms. The molecular weight excluding hydrogens is 1080 g/mol. The molecule has 4 heterocycles. The number of phenolic OH excluding ortho intramolecular Hbond substituents is 1. The van der Waals surface area contributed by atoms with Crippen molar-refractivity contribution in [2.45, 2.75) is 99.3 Å². The van der Waals surface area contributed by atoms with Crippen LogP contribution in [-0.2, 0) is 37.3 Å². The fourth-order valence-electron chi connectivity index (χ4n) is 10.4. The van der Waals surface area contributed by atoms with Gasteiger partial charge in [-0.25, -0.2) is 9.97 Å². The molecule has 0 saturated carbocycles. The third-order valence-electron chi connectivity index (χ3n) is 14.1. The monoisotopic (exact) mass is 1140 g/mol. The summed E-state index contributed by atoms with van der Waals surface area (Å²) in [7, 11) is 0. The number of phenols is 1. The van der Waals surface area contributed by atoms with E-state index < -0.39 is 0 Å². The summed E-state index contributed by atoms with van der Waals surface area (Å²) < 4.78 is 10.9. The van der Waals surface area contributed by atoms with Crippen molar-refractivity contribution in [2.75, 3.05) is 0 Å². The Labute approximate surface area is 441 Å². The second kappa shape index (κ2) is 17.8. The molecule has 0 aliphatic rings. The van der Waals surface area contributed by atoms with Gasteiger partial charge in [-0.2, -0.15) is 0 Å². The summed E-state index contributed by atoms with van der Waals surface area (Å²) in [5, 5.41) is 14.7. The van der Waals surface area contributed by atoms with Gasteiger partial charge < -0.3 is 9.52 Å². The molecule has 0 radical (unpaired) electrons. The predicted molar refractivity (Wildman–Crippen MR) is 297 cm³/mol. The number of hydrogen-bond acceptors (Lipinski definition) is 6. The van der Waals surface area contributed by atoms with Gasteiger partial charge in [0.1, 0.15) is 29.2 Å². The summed E-state index contributed by atoms with van der Waals surface area (Å²) in [6, 6.07) is 49.4. The van der Waals surface area contributed by atoms with Gasteiger partial charge in [0, 0.05) is 49.5 Å². The number of aromatic hydroxyl groups is 1. The first-order valence-electron chi connectivity index (χ1n) is 24.6. The van der Waals surface area contributed by atoms with Gasteiger partial charge in [-0.05, 0) is 89.1 Å². The van der Waals surface area contributed by atoms with Crippen LogP contribution in [0.1, 0.15) is 95.7 Å². The molecule has 8 heteroatoms. The Balaban J connectivity index is 0.00000596. The normalized spacial score (nSPS) is 12.4. The standard InChI is InChI=1S/C64H59N4O2S.Pt/c1-36-27-37(2)54(38(3)28-36)52-34-53-59(70-52)57-60(71-53)55(65-35-66-57)41-29-40-21-16-17-22-44(40)47(30-41)45-23-18-24-51-56(45)67-61(48-32-43(63(7,8)9)33-49(58(48)69)64(10,11)12)68(51)50-26-25-42(62(4,5)6)31-46(50)39-19-14-13-15-20-39;/h13-29,31-35,69H,1-12H3;/q-1;. The number of nitrogens with zero attached hydrogens (tertiary/aromatic N) is 4. The van der Waals surface area contributed by atoms with E-state index in [-0.39, 0.29) is 43.1 Å². The summed E-state index contributed by atoms with van der Waals surface area (Å²) in [5.41, 5.74) is 17.9. The van der Waals surface area contributed by atoms with Crippen LogP contribution in [0.15, 0.2) is 138 Å². The molecular formula is C64H59N4O2PtS-. The van der Waals surface area contributed by atoms with Crippen LogP contribution < -0.4 is 0 Å². The van der Waals surface area contributed by atoms with Gasteiger partial charge in [-0.3, -0.25) is 9.55 Å². The molecule has 72 heavy (non-hydrogen) atoms. The summed E-state index contributed by atoms with van der Waals surface area (Å²) in [6.07, 6.45) is 1.64.